The highest BCUT2D eigenvalue weighted by Crippen LogP contribution is 2.41. The minimum Gasteiger partial charge on any atom is -0.435 e. The summed E-state index contributed by atoms with van der Waals surface area (Å²) < 4.78 is 58.5. The number of benzene rings is 4. The first-order chi connectivity index (χ1) is 26.8. The number of nitrogens with zero attached hydrogens (tertiary/aromatic N) is 4. The molecule has 2 aliphatic rings. The van der Waals surface area contributed by atoms with Crippen LogP contribution in [0, 0.1) is 0 Å². The van der Waals surface area contributed by atoms with Crippen LogP contribution >= 0.6 is 0 Å². The van der Waals surface area contributed by atoms with Crippen LogP contribution < -0.4 is 26.3 Å². The Bertz CT molecular complexity index is 2100. The van der Waals surface area contributed by atoms with E-state index in [-0.39, 0.29) is 29.3 Å². The fourth-order valence-corrected chi connectivity index (χ4v) is 6.40. The minimum atomic E-state index is -2.95. The van der Waals surface area contributed by atoms with E-state index in [0.717, 1.165) is 24.9 Å². The van der Waals surface area contributed by atoms with Crippen molar-refractivity contribution in [2.45, 2.75) is 50.6 Å². The highest BCUT2D eigenvalue weighted by atomic mass is 19.3. The van der Waals surface area contributed by atoms with Gasteiger partial charge in [-0.1, -0.05) is 80.1 Å². The number of aldehydes is 1. The van der Waals surface area contributed by atoms with E-state index in [1.54, 1.807) is 43.4 Å². The van der Waals surface area contributed by atoms with Gasteiger partial charge in [-0.15, -0.1) is 0 Å². The molecule has 2 heterocycles. The lowest BCUT2D eigenvalue weighted by Gasteiger charge is -2.26. The molecule has 0 fully saturated rings. The normalized spacial score (nSPS) is 19.2. The number of alkyl halides is 4. The predicted octanol–water partition coefficient (Wildman–Crippen LogP) is 5.34. The lowest BCUT2D eigenvalue weighted by atomic mass is 9.82. The molecule has 0 aromatic heterocycles. The van der Waals surface area contributed by atoms with Gasteiger partial charge in [0.15, 0.2) is 23.0 Å². The zero-order valence-electron chi connectivity index (χ0n) is 30.8. The van der Waals surface area contributed by atoms with Crippen molar-refractivity contribution in [1.82, 2.24) is 15.1 Å². The summed E-state index contributed by atoms with van der Waals surface area (Å²) in [6.07, 6.45) is 2.85. The van der Waals surface area contributed by atoms with Gasteiger partial charge in [-0.3, -0.25) is 24.2 Å². The predicted molar refractivity (Wildman–Crippen MR) is 201 cm³/mol. The third-order valence-electron chi connectivity index (χ3n) is 9.30. The Balaban J connectivity index is 0.000000216. The maximum absolute atomic E-state index is 13.3. The Kier molecular flexibility index (Phi) is 12.7. The second kappa shape index (κ2) is 17.5. The lowest BCUT2D eigenvalue weighted by Crippen LogP contribution is -2.41. The quantitative estimate of drug-likeness (QED) is 0.0878. The second-order valence-corrected chi connectivity index (χ2v) is 12.9. The molecular formula is C40H41F4N7O5. The number of nitrogens with one attached hydrogen (secondary N) is 1. The Labute approximate surface area is 320 Å². The number of unbranched alkanes of at least 4 members (excludes halogenated alkanes) is 1. The number of aliphatic imine (C=N–C) groups is 2. The maximum Gasteiger partial charge on any atom is 0.387 e. The number of halogens is 4. The smallest absolute Gasteiger partial charge is 0.387 e. The summed E-state index contributed by atoms with van der Waals surface area (Å²) in [5.74, 6) is -0.650. The highest BCUT2D eigenvalue weighted by molar-refractivity contribution is 6.09. The van der Waals surface area contributed by atoms with E-state index < -0.39 is 30.2 Å². The molecule has 4 aromatic rings. The van der Waals surface area contributed by atoms with Crippen LogP contribution in [0.2, 0.25) is 0 Å². The third kappa shape index (κ3) is 8.34. The van der Waals surface area contributed by atoms with E-state index in [1.807, 2.05) is 24.3 Å². The van der Waals surface area contributed by atoms with Crippen LogP contribution in [-0.4, -0.2) is 73.7 Å². The van der Waals surface area contributed by atoms with Gasteiger partial charge in [0.2, 0.25) is 0 Å². The molecule has 0 saturated carbocycles. The monoisotopic (exact) mass is 775 g/mol. The zero-order chi connectivity index (χ0) is 40.6. The van der Waals surface area contributed by atoms with Gasteiger partial charge in [0.25, 0.3) is 11.8 Å². The summed E-state index contributed by atoms with van der Waals surface area (Å²) in [7, 11) is 3.05. The molecule has 2 atom stereocenters. The molecule has 12 nitrogen and oxygen atoms in total. The molecule has 0 bridgehead atoms. The lowest BCUT2D eigenvalue weighted by molar-refractivity contribution is -0.130. The van der Waals surface area contributed by atoms with Crippen molar-refractivity contribution in [3.8, 4) is 11.5 Å². The van der Waals surface area contributed by atoms with Crippen LogP contribution in [0.25, 0.3) is 0 Å². The van der Waals surface area contributed by atoms with E-state index in [1.165, 1.54) is 53.2 Å². The summed E-state index contributed by atoms with van der Waals surface area (Å²) >= 11 is 0. The number of ether oxygens (including phenoxy) is 2. The van der Waals surface area contributed by atoms with Gasteiger partial charge >= 0.3 is 13.2 Å². The van der Waals surface area contributed by atoms with E-state index in [4.69, 9.17) is 11.5 Å². The molecule has 56 heavy (non-hydrogen) atoms. The molecule has 294 valence electrons. The van der Waals surface area contributed by atoms with E-state index in [2.05, 4.69) is 31.7 Å². The van der Waals surface area contributed by atoms with Crippen LogP contribution in [-0.2, 0) is 27.2 Å². The molecule has 6 rings (SSSR count). The average molecular weight is 776 g/mol. The molecule has 5 N–H and O–H groups in total. The van der Waals surface area contributed by atoms with Crippen LogP contribution in [0.3, 0.4) is 0 Å². The number of amides is 2. The van der Waals surface area contributed by atoms with Crippen molar-refractivity contribution in [3.63, 3.8) is 0 Å². The van der Waals surface area contributed by atoms with E-state index >= 15 is 0 Å². The van der Waals surface area contributed by atoms with Gasteiger partial charge in [0.1, 0.15) is 17.8 Å². The zero-order valence-corrected chi connectivity index (χ0v) is 30.8. The Hall–Kier alpha value is -6.29. The van der Waals surface area contributed by atoms with Gasteiger partial charge in [0.05, 0.1) is 0 Å². The molecule has 2 aliphatic heterocycles. The summed E-state index contributed by atoms with van der Waals surface area (Å²) in [6, 6.07) is 25.6. The fraction of sp³-hybridized carbons (Fsp3) is 0.275. The molecular weight excluding hydrogens is 734 g/mol. The Morgan fingerprint density at radius 1 is 0.714 bits per heavy atom. The largest absolute Gasteiger partial charge is 0.435 e. The molecule has 16 heteroatoms. The van der Waals surface area contributed by atoms with Gasteiger partial charge in [0, 0.05) is 26.2 Å². The molecule has 2 amide bonds. The van der Waals surface area contributed by atoms with E-state index in [0.29, 0.717) is 40.6 Å². The van der Waals surface area contributed by atoms with E-state index in [9.17, 15) is 31.9 Å². The SMILES string of the molecule is CCCCNCc1cccc(C2(c3ccc(OC(F)F)cc3)N=C(N)N(C)C2=O)c1.CN1C(=O)C(c2ccc(OC(F)F)cc2)(c2cccc(C=O)c2)N=C1N. The molecule has 0 radical (unpaired) electrons. The number of carbonyl (C=O) groups excluding carboxylic acids is 3. The number of rotatable bonds is 14. The molecule has 0 aliphatic carbocycles. The molecule has 0 saturated heterocycles. The number of carbonyl (C=O) groups is 3. The maximum atomic E-state index is 13.3. The van der Waals surface area contributed by atoms with Crippen molar-refractivity contribution >= 4 is 30.0 Å². The van der Waals surface area contributed by atoms with Crippen LogP contribution in [0.15, 0.2) is 107 Å². The van der Waals surface area contributed by atoms with Crippen molar-refractivity contribution in [2.75, 3.05) is 20.6 Å². The Morgan fingerprint density at radius 2 is 1.18 bits per heavy atom. The number of hydrogen-bond acceptors (Lipinski definition) is 10. The van der Waals surface area contributed by atoms with Gasteiger partial charge in [-0.2, -0.15) is 17.6 Å². The third-order valence-corrected chi connectivity index (χ3v) is 9.30. The second-order valence-electron chi connectivity index (χ2n) is 12.9. The van der Waals surface area contributed by atoms with Crippen molar-refractivity contribution in [1.29, 1.82) is 0 Å². The van der Waals surface area contributed by atoms with Crippen molar-refractivity contribution < 1.29 is 41.4 Å². The summed E-state index contributed by atoms with van der Waals surface area (Å²) in [6.45, 7) is -2.17. The van der Waals surface area contributed by atoms with Crippen LogP contribution in [0.4, 0.5) is 17.6 Å². The number of nitrogens with two attached hydrogens (primary N) is 2. The Morgan fingerprint density at radius 3 is 1.59 bits per heavy atom. The molecule has 2 unspecified atom stereocenters. The number of hydrogen-bond donors (Lipinski definition) is 3. The molecule has 0 spiro atoms. The summed E-state index contributed by atoms with van der Waals surface area (Å²) in [4.78, 5) is 48.8. The fourth-order valence-electron chi connectivity index (χ4n) is 6.40. The van der Waals surface area contributed by atoms with Crippen LogP contribution in [0.1, 0.15) is 57.9 Å². The number of guanidine groups is 2. The van der Waals surface area contributed by atoms with Gasteiger partial charge in [-0.25, -0.2) is 9.98 Å². The first kappa shape index (κ1) is 40.9. The van der Waals surface area contributed by atoms with Gasteiger partial charge < -0.3 is 26.3 Å². The first-order valence-corrected chi connectivity index (χ1v) is 17.5. The van der Waals surface area contributed by atoms with Crippen LogP contribution in [0.5, 0.6) is 11.5 Å². The van der Waals surface area contributed by atoms with Crippen molar-refractivity contribution in [3.05, 3.63) is 130 Å². The van der Waals surface area contributed by atoms with Crippen molar-refractivity contribution in [2.24, 2.45) is 21.5 Å². The first-order valence-electron chi connectivity index (χ1n) is 17.5. The standard InChI is InChI=1S/C22H26F2N4O2.C18H15F2N3O3/c1-3-4-12-26-14-15-6-5-7-17(13-15)22(19(29)28(2)21(25)27-22)16-8-10-18(11-9-16)30-20(23)24;1-23-15(25)18(22-17(23)21,13-4-2-3-11(9-13)10-24)12-5-7-14(8-6-12)26-16(19)20/h5-11,13,20,26H,3-4,12,14H2,1-2H3,(H2,25,27);2-10,16H,1H3,(H2,21,22). The topological polar surface area (TPSA) is 165 Å². The summed E-state index contributed by atoms with van der Waals surface area (Å²) in [5, 5.41) is 3.38. The minimum absolute atomic E-state index is 0.00790. The summed E-state index contributed by atoms with van der Waals surface area (Å²) in [5.41, 5.74) is 12.4. The van der Waals surface area contributed by atoms with Gasteiger partial charge in [-0.05, 0) is 71.1 Å². The number of likely N-dealkylation sites (N-methyl/N-ethyl adjacent to an activating group) is 2. The highest BCUT2D eigenvalue weighted by Gasteiger charge is 2.50. The molecule has 4 aromatic carbocycles. The average Bonchev–Trinajstić information content (AvgIpc) is 3.57.